The van der Waals surface area contributed by atoms with Crippen LogP contribution in [-0.4, -0.2) is 43.5 Å². The number of hydrogen-bond donors (Lipinski definition) is 1. The van der Waals surface area contributed by atoms with Gasteiger partial charge in [0.1, 0.15) is 25.1 Å². The Morgan fingerprint density at radius 2 is 1.85 bits per heavy atom. The summed E-state index contributed by atoms with van der Waals surface area (Å²) < 4.78 is 44.3. The highest BCUT2D eigenvalue weighted by atomic mass is 32.2. The van der Waals surface area contributed by atoms with Gasteiger partial charge in [-0.05, 0) is 48.9 Å². The highest BCUT2D eigenvalue weighted by molar-refractivity contribution is 7.90. The summed E-state index contributed by atoms with van der Waals surface area (Å²) in [5.41, 5.74) is 8.63. The number of aromatic nitrogens is 1. The van der Waals surface area contributed by atoms with E-state index in [1.54, 1.807) is 35.8 Å². The molecule has 12 heteroatoms. The second kappa shape index (κ2) is 10.0. The molecule has 0 spiro atoms. The molecule has 1 heterocycles. The lowest BCUT2D eigenvalue weighted by Gasteiger charge is -2.14. The largest absolute Gasteiger partial charge is 0.462 e. The predicted octanol–water partition coefficient (Wildman–Crippen LogP) is 2.75. The summed E-state index contributed by atoms with van der Waals surface area (Å²) in [6.07, 6.45) is 1.10. The summed E-state index contributed by atoms with van der Waals surface area (Å²) in [5, 5.41) is 9.21. The number of carbonyl (C=O) groups is 1. The second-order valence-electron chi connectivity index (χ2n) is 7.38. The first-order valence-corrected chi connectivity index (χ1v) is 11.9. The lowest BCUT2D eigenvalue weighted by atomic mass is 10.1. The molecule has 0 amide bonds. The van der Waals surface area contributed by atoms with Crippen molar-refractivity contribution in [3.8, 4) is 16.9 Å². The fraction of sp³-hybridized carbons (Fsp3) is 0.227. The van der Waals surface area contributed by atoms with E-state index in [2.05, 4.69) is 4.84 Å². The molecule has 1 atom stereocenters. The third-order valence-electron chi connectivity index (χ3n) is 5.04. The molecular weight excluding hydrogens is 469 g/mol. The van der Waals surface area contributed by atoms with Gasteiger partial charge in [-0.1, -0.05) is 18.2 Å². The van der Waals surface area contributed by atoms with Crippen LogP contribution in [0.25, 0.3) is 16.9 Å². The topological polar surface area (TPSA) is 144 Å². The summed E-state index contributed by atoms with van der Waals surface area (Å²) in [5.74, 6) is -1.30. The Kier molecular flexibility index (Phi) is 7.32. The molecule has 0 saturated carbocycles. The molecule has 2 N–H and O–H groups in total. The van der Waals surface area contributed by atoms with E-state index in [4.69, 9.17) is 10.5 Å². The number of benzene rings is 2. The molecular formula is C22H22FN3O7S. The minimum Gasteiger partial charge on any atom is -0.462 e. The molecule has 34 heavy (non-hydrogen) atoms. The molecule has 3 rings (SSSR count). The maximum absolute atomic E-state index is 14.0. The lowest BCUT2D eigenvalue weighted by Crippen LogP contribution is -2.25. The molecule has 10 nitrogen and oxygen atoms in total. The summed E-state index contributed by atoms with van der Waals surface area (Å²) in [6.45, 7) is 0.890. The van der Waals surface area contributed by atoms with Crippen LogP contribution in [0.2, 0.25) is 0 Å². The predicted molar refractivity (Wildman–Crippen MR) is 120 cm³/mol. The van der Waals surface area contributed by atoms with E-state index in [-0.39, 0.29) is 11.5 Å². The average molecular weight is 491 g/mol. The van der Waals surface area contributed by atoms with Gasteiger partial charge in [-0.15, -0.1) is 10.1 Å². The van der Waals surface area contributed by atoms with Crippen molar-refractivity contribution in [2.75, 3.05) is 19.5 Å². The first-order chi connectivity index (χ1) is 16.0. The van der Waals surface area contributed by atoms with Gasteiger partial charge in [0, 0.05) is 23.2 Å². The van der Waals surface area contributed by atoms with E-state index >= 15 is 0 Å². The van der Waals surface area contributed by atoms with Crippen molar-refractivity contribution in [2.24, 2.45) is 5.73 Å². The highest BCUT2D eigenvalue weighted by Gasteiger charge is 2.25. The Morgan fingerprint density at radius 1 is 1.18 bits per heavy atom. The molecule has 0 fully saturated rings. The van der Waals surface area contributed by atoms with Crippen LogP contribution < -0.4 is 5.73 Å². The maximum atomic E-state index is 14.0. The molecule has 0 saturated heterocycles. The van der Waals surface area contributed by atoms with Crippen molar-refractivity contribution in [1.82, 2.24) is 4.57 Å². The van der Waals surface area contributed by atoms with Crippen LogP contribution in [-0.2, 0) is 24.2 Å². The zero-order chi connectivity index (χ0) is 25.0. The summed E-state index contributed by atoms with van der Waals surface area (Å²) in [6, 6.07) is 12.3. The fourth-order valence-corrected chi connectivity index (χ4v) is 4.08. The summed E-state index contributed by atoms with van der Waals surface area (Å²) >= 11 is 0. The number of ether oxygens (including phenoxy) is 1. The molecule has 0 bridgehead atoms. The Balaban J connectivity index is 2.02. The number of hydrogen-bond acceptors (Lipinski definition) is 8. The van der Waals surface area contributed by atoms with Crippen molar-refractivity contribution in [3.63, 3.8) is 0 Å². The molecule has 3 aromatic rings. The number of rotatable bonds is 9. The van der Waals surface area contributed by atoms with E-state index in [0.29, 0.717) is 28.2 Å². The number of nitrogens with two attached hydrogens (primary N) is 1. The lowest BCUT2D eigenvalue weighted by molar-refractivity contribution is -0.757. The van der Waals surface area contributed by atoms with Crippen LogP contribution in [0, 0.1) is 22.9 Å². The minimum absolute atomic E-state index is 0.134. The Hall–Kier alpha value is -3.77. The number of sulfone groups is 1. The van der Waals surface area contributed by atoms with Crippen LogP contribution in [0.15, 0.2) is 59.5 Å². The number of esters is 1. The summed E-state index contributed by atoms with van der Waals surface area (Å²) in [4.78, 5) is 26.9. The van der Waals surface area contributed by atoms with Crippen LogP contribution in [0.4, 0.5) is 4.39 Å². The zero-order valence-electron chi connectivity index (χ0n) is 18.3. The molecule has 1 aromatic heterocycles. The van der Waals surface area contributed by atoms with Gasteiger partial charge in [0.25, 0.3) is 5.09 Å². The third-order valence-corrected chi connectivity index (χ3v) is 6.17. The highest BCUT2D eigenvalue weighted by Crippen LogP contribution is 2.33. The van der Waals surface area contributed by atoms with E-state index in [9.17, 15) is 27.7 Å². The van der Waals surface area contributed by atoms with Crippen LogP contribution in [0.1, 0.15) is 17.3 Å². The first kappa shape index (κ1) is 24.9. The Morgan fingerprint density at radius 3 is 2.44 bits per heavy atom. The number of carbonyl (C=O) groups excluding carboxylic acids is 1. The quantitative estimate of drug-likeness (QED) is 0.208. The van der Waals surface area contributed by atoms with E-state index in [1.807, 2.05) is 0 Å². The first-order valence-electron chi connectivity index (χ1n) is 9.97. The van der Waals surface area contributed by atoms with Gasteiger partial charge in [0.15, 0.2) is 9.84 Å². The van der Waals surface area contributed by atoms with E-state index in [1.165, 1.54) is 30.3 Å². The van der Waals surface area contributed by atoms with Crippen molar-refractivity contribution in [3.05, 3.63) is 81.8 Å². The smallest absolute Gasteiger partial charge is 0.327 e. The molecule has 0 aliphatic rings. The van der Waals surface area contributed by atoms with Gasteiger partial charge in [0.2, 0.25) is 0 Å². The van der Waals surface area contributed by atoms with Crippen molar-refractivity contribution >= 4 is 15.8 Å². The standard InChI is InChI=1S/C22H22FN3O7S/c1-14-19(21(24)22(27)32-10-11-33-26(28)29)13-20(25(14)17-5-3-4-16(23)12-17)15-6-8-18(9-7-15)34(2,30)31/h3-9,12-13,21H,10-11,24H2,1-2H3. The molecule has 2 aromatic carbocycles. The summed E-state index contributed by atoms with van der Waals surface area (Å²) in [7, 11) is -3.40. The van der Waals surface area contributed by atoms with Crippen molar-refractivity contribution in [1.29, 1.82) is 0 Å². The molecule has 0 radical (unpaired) electrons. The molecule has 180 valence electrons. The van der Waals surface area contributed by atoms with Crippen LogP contribution in [0.3, 0.4) is 0 Å². The van der Waals surface area contributed by atoms with E-state index in [0.717, 1.165) is 6.26 Å². The molecule has 0 aliphatic carbocycles. The van der Waals surface area contributed by atoms with E-state index < -0.39 is 39.4 Å². The Bertz CT molecular complexity index is 1320. The van der Waals surface area contributed by atoms with Gasteiger partial charge < -0.3 is 19.9 Å². The number of nitrogens with zero attached hydrogens (tertiary/aromatic N) is 2. The normalized spacial score (nSPS) is 12.2. The molecule has 0 aliphatic heterocycles. The zero-order valence-corrected chi connectivity index (χ0v) is 19.1. The van der Waals surface area contributed by atoms with Gasteiger partial charge in [-0.2, -0.15) is 0 Å². The van der Waals surface area contributed by atoms with Gasteiger partial charge in [-0.25, -0.2) is 17.6 Å². The number of halogens is 1. The van der Waals surface area contributed by atoms with Crippen molar-refractivity contribution in [2.45, 2.75) is 17.9 Å². The van der Waals surface area contributed by atoms with Crippen LogP contribution >= 0.6 is 0 Å². The fourth-order valence-electron chi connectivity index (χ4n) is 3.44. The monoisotopic (exact) mass is 491 g/mol. The maximum Gasteiger partial charge on any atom is 0.327 e. The minimum atomic E-state index is -3.40. The second-order valence-corrected chi connectivity index (χ2v) is 9.40. The van der Waals surface area contributed by atoms with Crippen molar-refractivity contribution < 1.29 is 32.3 Å². The third kappa shape index (κ3) is 5.58. The van der Waals surface area contributed by atoms with Gasteiger partial charge >= 0.3 is 5.97 Å². The average Bonchev–Trinajstić information content (AvgIpc) is 3.12. The van der Waals surface area contributed by atoms with Gasteiger partial charge in [-0.3, -0.25) is 0 Å². The van der Waals surface area contributed by atoms with Crippen LogP contribution in [0.5, 0.6) is 0 Å². The molecule has 1 unspecified atom stereocenters. The SMILES string of the molecule is Cc1c(C(N)C(=O)OCCO[N+](=O)[O-])cc(-c2ccc(S(C)(=O)=O)cc2)n1-c1cccc(F)c1. The van der Waals surface area contributed by atoms with Gasteiger partial charge in [0.05, 0.1) is 10.6 Å². The Labute approximate surface area is 194 Å².